The van der Waals surface area contributed by atoms with E-state index in [1.807, 2.05) is 13.8 Å². The normalized spacial score (nSPS) is 11.7. The van der Waals surface area contributed by atoms with E-state index in [0.29, 0.717) is 11.4 Å². The SMILES string of the molecule is Cc1cc(NS(=O)(=O)CC(C)C)ccc1-n1cccc1C(=O)O. The Bertz CT molecular complexity index is 822. The maximum absolute atomic E-state index is 12.0. The molecule has 0 aliphatic heterocycles. The molecule has 23 heavy (non-hydrogen) atoms. The molecule has 2 rings (SSSR count). The van der Waals surface area contributed by atoms with Gasteiger partial charge in [-0.3, -0.25) is 4.72 Å². The largest absolute Gasteiger partial charge is 0.477 e. The first-order valence-electron chi connectivity index (χ1n) is 7.22. The summed E-state index contributed by atoms with van der Waals surface area (Å²) in [7, 11) is -3.39. The van der Waals surface area contributed by atoms with Crippen molar-refractivity contribution in [3.05, 3.63) is 47.8 Å². The first-order chi connectivity index (χ1) is 10.7. The second-order valence-corrected chi connectivity index (χ2v) is 7.61. The number of aryl methyl sites for hydroxylation is 1. The molecule has 0 aliphatic carbocycles. The molecule has 0 bridgehead atoms. The van der Waals surface area contributed by atoms with Gasteiger partial charge in [0.2, 0.25) is 10.0 Å². The number of benzene rings is 1. The highest BCUT2D eigenvalue weighted by Gasteiger charge is 2.15. The number of hydrogen-bond acceptors (Lipinski definition) is 3. The molecule has 0 atom stereocenters. The lowest BCUT2D eigenvalue weighted by atomic mass is 10.1. The fourth-order valence-electron chi connectivity index (χ4n) is 2.41. The predicted octanol–water partition coefficient (Wildman–Crippen LogP) is 2.88. The number of nitrogens with zero attached hydrogens (tertiary/aromatic N) is 1. The highest BCUT2D eigenvalue weighted by molar-refractivity contribution is 7.92. The lowest BCUT2D eigenvalue weighted by molar-refractivity contribution is 0.0688. The molecule has 0 unspecified atom stereocenters. The summed E-state index contributed by atoms with van der Waals surface area (Å²) in [5, 5.41) is 9.19. The average molecular weight is 336 g/mol. The Morgan fingerprint density at radius 2 is 2.00 bits per heavy atom. The number of carboxylic acid groups (broad SMARTS) is 1. The first kappa shape index (κ1) is 17.1. The van der Waals surface area contributed by atoms with E-state index in [1.54, 1.807) is 42.0 Å². The van der Waals surface area contributed by atoms with E-state index in [1.165, 1.54) is 6.07 Å². The van der Waals surface area contributed by atoms with Gasteiger partial charge in [-0.25, -0.2) is 13.2 Å². The van der Waals surface area contributed by atoms with Crippen molar-refractivity contribution in [1.82, 2.24) is 4.57 Å². The summed E-state index contributed by atoms with van der Waals surface area (Å²) in [6.45, 7) is 5.49. The van der Waals surface area contributed by atoms with Gasteiger partial charge < -0.3 is 9.67 Å². The smallest absolute Gasteiger partial charge is 0.352 e. The number of hydrogen-bond donors (Lipinski definition) is 2. The van der Waals surface area contributed by atoms with E-state index >= 15 is 0 Å². The van der Waals surface area contributed by atoms with E-state index in [-0.39, 0.29) is 17.4 Å². The quantitative estimate of drug-likeness (QED) is 0.849. The maximum atomic E-state index is 12.0. The van der Waals surface area contributed by atoms with Gasteiger partial charge in [0.15, 0.2) is 0 Å². The van der Waals surface area contributed by atoms with Gasteiger partial charge in [-0.15, -0.1) is 0 Å². The monoisotopic (exact) mass is 336 g/mol. The van der Waals surface area contributed by atoms with Crippen LogP contribution < -0.4 is 4.72 Å². The van der Waals surface area contributed by atoms with Gasteiger partial charge in [0, 0.05) is 17.6 Å². The molecule has 0 amide bonds. The van der Waals surface area contributed by atoms with Crippen LogP contribution in [0.15, 0.2) is 36.5 Å². The molecular formula is C16H20N2O4S. The predicted molar refractivity (Wildman–Crippen MR) is 89.7 cm³/mol. The number of nitrogens with one attached hydrogen (secondary N) is 1. The third kappa shape index (κ3) is 4.13. The lowest BCUT2D eigenvalue weighted by Gasteiger charge is -2.14. The summed E-state index contributed by atoms with van der Waals surface area (Å²) in [5.74, 6) is -0.934. The molecule has 0 saturated carbocycles. The minimum atomic E-state index is -3.39. The van der Waals surface area contributed by atoms with E-state index in [9.17, 15) is 18.3 Å². The van der Waals surface area contributed by atoms with Crippen molar-refractivity contribution < 1.29 is 18.3 Å². The molecule has 0 saturated heterocycles. The fraction of sp³-hybridized carbons (Fsp3) is 0.312. The van der Waals surface area contributed by atoms with Crippen molar-refractivity contribution in [2.45, 2.75) is 20.8 Å². The molecule has 1 aromatic heterocycles. The number of sulfonamides is 1. The molecule has 124 valence electrons. The summed E-state index contributed by atoms with van der Waals surface area (Å²) in [5.41, 5.74) is 2.09. The summed E-state index contributed by atoms with van der Waals surface area (Å²) < 4.78 is 28.1. The van der Waals surface area contributed by atoms with Crippen molar-refractivity contribution in [2.24, 2.45) is 5.92 Å². The number of aromatic carboxylic acids is 1. The van der Waals surface area contributed by atoms with Gasteiger partial charge >= 0.3 is 5.97 Å². The lowest BCUT2D eigenvalue weighted by Crippen LogP contribution is -2.20. The highest BCUT2D eigenvalue weighted by Crippen LogP contribution is 2.22. The van der Waals surface area contributed by atoms with E-state index in [2.05, 4.69) is 4.72 Å². The Kier molecular flexibility index (Phi) is 4.79. The van der Waals surface area contributed by atoms with E-state index < -0.39 is 16.0 Å². The maximum Gasteiger partial charge on any atom is 0.352 e. The molecule has 1 aromatic carbocycles. The van der Waals surface area contributed by atoms with Crippen molar-refractivity contribution in [1.29, 1.82) is 0 Å². The zero-order chi connectivity index (χ0) is 17.2. The first-order valence-corrected chi connectivity index (χ1v) is 8.87. The number of aromatic nitrogens is 1. The summed E-state index contributed by atoms with van der Waals surface area (Å²) >= 11 is 0. The number of rotatable bonds is 6. The Morgan fingerprint density at radius 3 is 2.57 bits per heavy atom. The van der Waals surface area contributed by atoms with Crippen molar-refractivity contribution in [3.63, 3.8) is 0 Å². The zero-order valence-electron chi connectivity index (χ0n) is 13.3. The van der Waals surface area contributed by atoms with Gasteiger partial charge in [0.05, 0.1) is 5.75 Å². The van der Waals surface area contributed by atoms with E-state index in [0.717, 1.165) is 5.56 Å². The van der Waals surface area contributed by atoms with Gasteiger partial charge in [-0.1, -0.05) is 13.8 Å². The molecule has 2 N–H and O–H groups in total. The average Bonchev–Trinajstić information content (AvgIpc) is 2.85. The molecule has 1 heterocycles. The van der Waals surface area contributed by atoms with Crippen molar-refractivity contribution in [2.75, 3.05) is 10.5 Å². The van der Waals surface area contributed by atoms with Gasteiger partial charge in [-0.05, 0) is 48.7 Å². The van der Waals surface area contributed by atoms with Crippen LogP contribution in [0.1, 0.15) is 29.9 Å². The van der Waals surface area contributed by atoms with Crippen LogP contribution in [0, 0.1) is 12.8 Å². The topological polar surface area (TPSA) is 88.4 Å². The number of carbonyl (C=O) groups is 1. The van der Waals surface area contributed by atoms with Crippen molar-refractivity contribution in [3.8, 4) is 5.69 Å². The van der Waals surface area contributed by atoms with Crippen LogP contribution in [0.5, 0.6) is 0 Å². The Morgan fingerprint density at radius 1 is 1.30 bits per heavy atom. The van der Waals surface area contributed by atoms with Crippen molar-refractivity contribution >= 4 is 21.7 Å². The second-order valence-electron chi connectivity index (χ2n) is 5.85. The van der Waals surface area contributed by atoms with Gasteiger partial charge in [-0.2, -0.15) is 0 Å². The fourth-order valence-corrected chi connectivity index (χ4v) is 3.86. The van der Waals surface area contributed by atoms with Crippen LogP contribution in [0.3, 0.4) is 0 Å². The molecule has 0 spiro atoms. The van der Waals surface area contributed by atoms with Gasteiger partial charge in [0.1, 0.15) is 5.69 Å². The third-order valence-corrected chi connectivity index (χ3v) is 4.90. The van der Waals surface area contributed by atoms with Crippen LogP contribution in [0.2, 0.25) is 0 Å². The van der Waals surface area contributed by atoms with Crippen LogP contribution >= 0.6 is 0 Å². The standard InChI is InChI=1S/C16H20N2O4S/c1-11(2)10-23(21,22)17-13-6-7-14(12(3)9-13)18-8-4-5-15(18)16(19)20/h4-9,11,17H,10H2,1-3H3,(H,19,20). The summed E-state index contributed by atoms with van der Waals surface area (Å²) in [6, 6.07) is 8.20. The third-order valence-electron chi connectivity index (χ3n) is 3.25. The molecule has 6 nitrogen and oxygen atoms in total. The number of carboxylic acids is 1. The molecule has 2 aromatic rings. The highest BCUT2D eigenvalue weighted by atomic mass is 32.2. The Balaban J connectivity index is 2.32. The second kappa shape index (κ2) is 6.45. The van der Waals surface area contributed by atoms with E-state index in [4.69, 9.17) is 0 Å². The Hall–Kier alpha value is -2.28. The Labute approximate surface area is 135 Å². The summed E-state index contributed by atoms with van der Waals surface area (Å²) in [4.78, 5) is 11.2. The molecule has 0 radical (unpaired) electrons. The summed E-state index contributed by atoms with van der Waals surface area (Å²) in [6.07, 6.45) is 1.66. The van der Waals surface area contributed by atoms with Crippen LogP contribution in [0.25, 0.3) is 5.69 Å². The molecule has 7 heteroatoms. The van der Waals surface area contributed by atoms with Crippen LogP contribution in [-0.4, -0.2) is 29.8 Å². The molecule has 0 fully saturated rings. The zero-order valence-corrected chi connectivity index (χ0v) is 14.1. The minimum Gasteiger partial charge on any atom is -0.477 e. The molecule has 0 aliphatic rings. The number of anilines is 1. The minimum absolute atomic E-state index is 0.0332. The van der Waals surface area contributed by atoms with Gasteiger partial charge in [0.25, 0.3) is 0 Å². The molecular weight excluding hydrogens is 316 g/mol. The van der Waals surface area contributed by atoms with Crippen LogP contribution in [0.4, 0.5) is 5.69 Å². The van der Waals surface area contributed by atoms with Crippen LogP contribution in [-0.2, 0) is 10.0 Å².